The van der Waals surface area contributed by atoms with Gasteiger partial charge in [-0.1, -0.05) is 46.4 Å². The second-order valence-electron chi connectivity index (χ2n) is 4.68. The Labute approximate surface area is 158 Å². The van der Waals surface area contributed by atoms with Crippen LogP contribution in [0.4, 0.5) is 0 Å². The summed E-state index contributed by atoms with van der Waals surface area (Å²) in [6.45, 7) is 0. The Kier molecular flexibility index (Phi) is 4.82. The third-order valence-electron chi connectivity index (χ3n) is 3.12. The molecule has 0 bridgehead atoms. The maximum absolute atomic E-state index is 12.5. The molecule has 0 aliphatic rings. The monoisotopic (exact) mass is 421 g/mol. The van der Waals surface area contributed by atoms with Crippen molar-refractivity contribution in [3.05, 3.63) is 62.7 Å². The van der Waals surface area contributed by atoms with Gasteiger partial charge in [0.1, 0.15) is 10.4 Å². The third-order valence-corrected chi connectivity index (χ3v) is 5.67. The lowest BCUT2D eigenvalue weighted by Gasteiger charge is -2.12. The molecule has 0 radical (unpaired) electrons. The topological polar surface area (TPSA) is 56.3 Å². The highest BCUT2D eigenvalue weighted by Crippen LogP contribution is 2.38. The van der Waals surface area contributed by atoms with Gasteiger partial charge < -0.3 is 4.18 Å². The van der Waals surface area contributed by atoms with Crippen LogP contribution in [-0.4, -0.2) is 13.4 Å². The van der Waals surface area contributed by atoms with Gasteiger partial charge in [0.05, 0.1) is 20.1 Å². The Balaban J connectivity index is 2.14. The molecule has 0 saturated carbocycles. The van der Waals surface area contributed by atoms with E-state index in [4.69, 9.17) is 50.6 Å². The maximum atomic E-state index is 12.5. The Hall–Kier alpha value is -1.24. The number of benzene rings is 2. The van der Waals surface area contributed by atoms with Crippen molar-refractivity contribution < 1.29 is 12.6 Å². The third kappa shape index (κ3) is 3.27. The van der Waals surface area contributed by atoms with Crippen molar-refractivity contribution in [3.63, 3.8) is 0 Å². The van der Waals surface area contributed by atoms with Crippen LogP contribution in [0.2, 0.25) is 20.1 Å². The highest BCUT2D eigenvalue weighted by atomic mass is 35.5. The number of hydrogen-bond acceptors (Lipinski definition) is 4. The fourth-order valence-corrected chi connectivity index (χ4v) is 3.96. The molecule has 1 heterocycles. The molecule has 2 aromatic carbocycles. The molecule has 0 amide bonds. The molecule has 0 atom stereocenters. The molecule has 4 nitrogen and oxygen atoms in total. The van der Waals surface area contributed by atoms with E-state index in [2.05, 4.69) is 4.98 Å². The van der Waals surface area contributed by atoms with Crippen molar-refractivity contribution in [1.82, 2.24) is 4.98 Å². The smallest absolute Gasteiger partial charge is 0.339 e. The summed E-state index contributed by atoms with van der Waals surface area (Å²) >= 11 is 23.9. The van der Waals surface area contributed by atoms with Gasteiger partial charge in [-0.05, 0) is 36.4 Å². The van der Waals surface area contributed by atoms with Crippen LogP contribution in [0.3, 0.4) is 0 Å². The number of nitrogens with zero attached hydrogens (tertiary/aromatic N) is 1. The molecule has 0 aliphatic carbocycles. The van der Waals surface area contributed by atoms with E-state index in [1.165, 1.54) is 30.5 Å². The molecular formula is C15H7Cl4NO3S. The lowest BCUT2D eigenvalue weighted by Crippen LogP contribution is -2.10. The molecule has 0 saturated heterocycles. The average molecular weight is 423 g/mol. The predicted octanol–water partition coefficient (Wildman–Crippen LogP) is 5.62. The minimum absolute atomic E-state index is 0.0230. The zero-order chi connectivity index (χ0) is 17.5. The Morgan fingerprint density at radius 2 is 1.62 bits per heavy atom. The lowest BCUT2D eigenvalue weighted by atomic mass is 10.2. The molecule has 0 fully saturated rings. The molecule has 124 valence electrons. The van der Waals surface area contributed by atoms with Crippen molar-refractivity contribution in [2.45, 2.75) is 4.90 Å². The Morgan fingerprint density at radius 3 is 2.33 bits per heavy atom. The molecule has 0 aliphatic heterocycles. The number of fused-ring (bicyclic) bond motifs is 1. The fourth-order valence-electron chi connectivity index (χ4n) is 2.02. The fraction of sp³-hybridized carbons (Fsp3) is 0. The normalized spacial score (nSPS) is 11.7. The predicted molar refractivity (Wildman–Crippen MR) is 96.0 cm³/mol. The zero-order valence-electron chi connectivity index (χ0n) is 11.6. The van der Waals surface area contributed by atoms with Gasteiger partial charge in [-0.2, -0.15) is 8.42 Å². The molecule has 9 heteroatoms. The SMILES string of the molecule is O=S(=O)(Oc1c(Cl)cc(Cl)c2cccnc12)c1ccc(Cl)c(Cl)c1. The lowest BCUT2D eigenvalue weighted by molar-refractivity contribution is 0.488. The first-order chi connectivity index (χ1) is 11.3. The zero-order valence-corrected chi connectivity index (χ0v) is 15.5. The average Bonchev–Trinajstić information content (AvgIpc) is 2.54. The van der Waals surface area contributed by atoms with E-state index in [0.717, 1.165) is 0 Å². The largest absolute Gasteiger partial charge is 0.375 e. The van der Waals surface area contributed by atoms with E-state index in [0.29, 0.717) is 10.4 Å². The van der Waals surface area contributed by atoms with Crippen molar-refractivity contribution in [3.8, 4) is 5.75 Å². The summed E-state index contributed by atoms with van der Waals surface area (Å²) < 4.78 is 30.2. The molecule has 0 N–H and O–H groups in total. The van der Waals surface area contributed by atoms with E-state index in [1.54, 1.807) is 12.1 Å². The van der Waals surface area contributed by atoms with E-state index in [-0.39, 0.29) is 31.2 Å². The van der Waals surface area contributed by atoms with Crippen LogP contribution in [0.25, 0.3) is 10.9 Å². The number of aromatic nitrogens is 1. The quantitative estimate of drug-likeness (QED) is 0.514. The number of halogens is 4. The van der Waals surface area contributed by atoms with E-state index < -0.39 is 10.1 Å². The van der Waals surface area contributed by atoms with Gasteiger partial charge in [-0.25, -0.2) is 0 Å². The number of hydrogen-bond donors (Lipinski definition) is 0. The molecule has 3 aromatic rings. The van der Waals surface area contributed by atoms with Crippen LogP contribution in [0.1, 0.15) is 0 Å². The van der Waals surface area contributed by atoms with Crippen LogP contribution in [0.15, 0.2) is 47.5 Å². The Bertz CT molecular complexity index is 1050. The van der Waals surface area contributed by atoms with Gasteiger partial charge >= 0.3 is 10.1 Å². The standard InChI is InChI=1S/C15H7Cl4NO3S/c16-10-4-3-8(6-12(10)18)24(21,22)23-15-13(19)7-11(17)9-2-1-5-20-14(9)15/h1-7H. The molecule has 0 spiro atoms. The summed E-state index contributed by atoms with van der Waals surface area (Å²) in [5, 5.41) is 1.19. The number of rotatable bonds is 3. The first kappa shape index (κ1) is 17.6. The summed E-state index contributed by atoms with van der Waals surface area (Å²) in [5.41, 5.74) is 0.235. The Morgan fingerprint density at radius 1 is 0.875 bits per heavy atom. The first-order valence-electron chi connectivity index (χ1n) is 6.42. The minimum Gasteiger partial charge on any atom is -0.375 e. The van der Waals surface area contributed by atoms with Crippen molar-refractivity contribution >= 4 is 67.4 Å². The van der Waals surface area contributed by atoms with Crippen LogP contribution in [0, 0.1) is 0 Å². The van der Waals surface area contributed by atoms with Crippen molar-refractivity contribution in [2.75, 3.05) is 0 Å². The van der Waals surface area contributed by atoms with E-state index >= 15 is 0 Å². The second kappa shape index (κ2) is 6.58. The van der Waals surface area contributed by atoms with Gasteiger partial charge in [0.25, 0.3) is 0 Å². The van der Waals surface area contributed by atoms with Gasteiger partial charge in [0.15, 0.2) is 5.75 Å². The summed E-state index contributed by atoms with van der Waals surface area (Å²) in [6.07, 6.45) is 1.48. The molecule has 24 heavy (non-hydrogen) atoms. The maximum Gasteiger partial charge on any atom is 0.339 e. The highest BCUT2D eigenvalue weighted by molar-refractivity contribution is 7.87. The summed E-state index contributed by atoms with van der Waals surface area (Å²) in [7, 11) is -4.19. The van der Waals surface area contributed by atoms with Crippen molar-refractivity contribution in [1.29, 1.82) is 0 Å². The minimum atomic E-state index is -4.19. The molecule has 3 rings (SSSR count). The van der Waals surface area contributed by atoms with Gasteiger partial charge in [0, 0.05) is 11.6 Å². The molecule has 1 aromatic heterocycles. The van der Waals surface area contributed by atoms with Gasteiger partial charge in [-0.3, -0.25) is 4.98 Å². The summed E-state index contributed by atoms with van der Waals surface area (Å²) in [4.78, 5) is 3.95. The molecule has 0 unspecified atom stereocenters. The van der Waals surface area contributed by atoms with E-state index in [9.17, 15) is 8.42 Å². The van der Waals surface area contributed by atoms with Crippen LogP contribution >= 0.6 is 46.4 Å². The van der Waals surface area contributed by atoms with Crippen LogP contribution in [-0.2, 0) is 10.1 Å². The van der Waals surface area contributed by atoms with Crippen LogP contribution in [0.5, 0.6) is 5.75 Å². The second-order valence-corrected chi connectivity index (χ2v) is 7.86. The van der Waals surface area contributed by atoms with Gasteiger partial charge in [-0.15, -0.1) is 0 Å². The van der Waals surface area contributed by atoms with E-state index in [1.807, 2.05) is 0 Å². The van der Waals surface area contributed by atoms with Crippen LogP contribution < -0.4 is 4.18 Å². The summed E-state index contributed by atoms with van der Waals surface area (Å²) in [6, 6.07) is 8.58. The van der Waals surface area contributed by atoms with Gasteiger partial charge in [0.2, 0.25) is 0 Å². The van der Waals surface area contributed by atoms with Crippen molar-refractivity contribution in [2.24, 2.45) is 0 Å². The first-order valence-corrected chi connectivity index (χ1v) is 9.34. The highest BCUT2D eigenvalue weighted by Gasteiger charge is 2.22. The summed E-state index contributed by atoms with van der Waals surface area (Å²) in [5.74, 6) is -0.109. The molecular weight excluding hydrogens is 416 g/mol. The number of pyridine rings is 1.